The maximum absolute atomic E-state index is 13.1. The minimum absolute atomic E-state index is 0.172. The van der Waals surface area contributed by atoms with Gasteiger partial charge in [0.25, 0.3) is 11.8 Å². The average molecular weight is 397 g/mol. The molecule has 2 aromatic rings. The molecule has 1 aromatic heterocycles. The zero-order valence-corrected chi connectivity index (χ0v) is 17.2. The number of carbonyl (C=O) groups excluding carboxylic acids is 2. The summed E-state index contributed by atoms with van der Waals surface area (Å²) in [5, 5.41) is 0. The Morgan fingerprint density at radius 3 is 2.43 bits per heavy atom. The second-order valence-electron chi connectivity index (χ2n) is 6.88. The fourth-order valence-corrected chi connectivity index (χ4v) is 3.74. The number of carbonyl (C=O) groups is 2. The Hall–Kier alpha value is -2.60. The SMILES string of the molecule is CCSC1=C(c2ccc(OCC(C)C)cc2)C(=O)N(Cc2ccccn2)C1=O. The molecule has 5 nitrogen and oxygen atoms in total. The zero-order chi connectivity index (χ0) is 20.1. The van der Waals surface area contributed by atoms with Gasteiger partial charge in [-0.3, -0.25) is 19.5 Å². The summed E-state index contributed by atoms with van der Waals surface area (Å²) >= 11 is 1.40. The van der Waals surface area contributed by atoms with Crippen molar-refractivity contribution in [3.05, 3.63) is 64.8 Å². The highest BCUT2D eigenvalue weighted by Crippen LogP contribution is 2.37. The number of aromatic nitrogens is 1. The lowest BCUT2D eigenvalue weighted by Crippen LogP contribution is -2.31. The van der Waals surface area contributed by atoms with Crippen molar-refractivity contribution in [2.24, 2.45) is 5.92 Å². The maximum Gasteiger partial charge on any atom is 0.268 e. The molecule has 3 rings (SSSR count). The van der Waals surface area contributed by atoms with E-state index in [1.54, 1.807) is 6.20 Å². The van der Waals surface area contributed by atoms with E-state index in [9.17, 15) is 9.59 Å². The van der Waals surface area contributed by atoms with Gasteiger partial charge < -0.3 is 4.74 Å². The van der Waals surface area contributed by atoms with E-state index >= 15 is 0 Å². The van der Waals surface area contributed by atoms with Gasteiger partial charge in [0.15, 0.2) is 0 Å². The van der Waals surface area contributed by atoms with Crippen LogP contribution in [0.1, 0.15) is 32.0 Å². The lowest BCUT2D eigenvalue weighted by molar-refractivity contribution is -0.137. The summed E-state index contributed by atoms with van der Waals surface area (Å²) in [6, 6.07) is 12.8. The standard InChI is InChI=1S/C22H24N2O3S/c1-4-28-20-19(16-8-10-18(11-9-16)27-14-15(2)3)21(25)24(22(20)26)13-17-7-5-6-12-23-17/h5-12,15H,4,13-14H2,1-3H3. The van der Waals surface area contributed by atoms with E-state index in [0.717, 1.165) is 11.3 Å². The van der Waals surface area contributed by atoms with Crippen LogP contribution >= 0.6 is 11.8 Å². The highest BCUT2D eigenvalue weighted by atomic mass is 32.2. The lowest BCUT2D eigenvalue weighted by atomic mass is 10.1. The van der Waals surface area contributed by atoms with Crippen molar-refractivity contribution in [3.63, 3.8) is 0 Å². The van der Waals surface area contributed by atoms with Crippen molar-refractivity contribution in [2.75, 3.05) is 12.4 Å². The highest BCUT2D eigenvalue weighted by Gasteiger charge is 2.39. The molecule has 0 bridgehead atoms. The number of pyridine rings is 1. The van der Waals surface area contributed by atoms with Gasteiger partial charge in [-0.2, -0.15) is 0 Å². The molecule has 28 heavy (non-hydrogen) atoms. The molecule has 0 saturated heterocycles. The van der Waals surface area contributed by atoms with Crippen LogP contribution in [0.25, 0.3) is 5.57 Å². The Morgan fingerprint density at radius 2 is 1.82 bits per heavy atom. The largest absolute Gasteiger partial charge is 0.493 e. The van der Waals surface area contributed by atoms with Gasteiger partial charge in [-0.05, 0) is 41.5 Å². The summed E-state index contributed by atoms with van der Waals surface area (Å²) < 4.78 is 5.72. The normalized spacial score (nSPS) is 14.4. The molecule has 6 heteroatoms. The number of thioether (sulfide) groups is 1. The molecule has 0 fully saturated rings. The Labute approximate surface area is 169 Å². The Bertz CT molecular complexity index is 876. The van der Waals surface area contributed by atoms with Crippen molar-refractivity contribution < 1.29 is 14.3 Å². The molecule has 1 aromatic carbocycles. The first-order valence-electron chi connectivity index (χ1n) is 9.37. The van der Waals surface area contributed by atoms with Gasteiger partial charge in [-0.1, -0.05) is 39.0 Å². The summed E-state index contributed by atoms with van der Waals surface area (Å²) in [6.45, 7) is 6.95. The minimum Gasteiger partial charge on any atom is -0.493 e. The van der Waals surface area contributed by atoms with Crippen LogP contribution in [-0.4, -0.2) is 34.1 Å². The van der Waals surface area contributed by atoms with Crippen LogP contribution in [0.5, 0.6) is 5.75 Å². The predicted molar refractivity (Wildman–Crippen MR) is 112 cm³/mol. The zero-order valence-electron chi connectivity index (χ0n) is 16.3. The first-order chi connectivity index (χ1) is 13.5. The summed E-state index contributed by atoms with van der Waals surface area (Å²) in [7, 11) is 0. The molecule has 0 N–H and O–H groups in total. The monoisotopic (exact) mass is 396 g/mol. The number of benzene rings is 1. The van der Waals surface area contributed by atoms with Crippen molar-refractivity contribution >= 4 is 29.1 Å². The molecule has 0 aliphatic carbocycles. The molecular formula is C22H24N2O3S. The van der Waals surface area contributed by atoms with Gasteiger partial charge >= 0.3 is 0 Å². The molecule has 146 valence electrons. The van der Waals surface area contributed by atoms with Crippen molar-refractivity contribution in [3.8, 4) is 5.75 Å². The molecule has 0 saturated carbocycles. The lowest BCUT2D eigenvalue weighted by Gasteiger charge is -2.14. The Kier molecular flexibility index (Phi) is 6.52. The van der Waals surface area contributed by atoms with E-state index in [0.29, 0.717) is 34.4 Å². The average Bonchev–Trinajstić information content (AvgIpc) is 2.92. The molecule has 0 spiro atoms. The van der Waals surface area contributed by atoms with Gasteiger partial charge in [-0.15, -0.1) is 11.8 Å². The third-order valence-corrected chi connectivity index (χ3v) is 5.14. The minimum atomic E-state index is -0.276. The number of amides is 2. The molecular weight excluding hydrogens is 372 g/mol. The van der Waals surface area contributed by atoms with E-state index in [1.807, 2.05) is 49.4 Å². The summed E-state index contributed by atoms with van der Waals surface area (Å²) in [5.74, 6) is 1.37. The van der Waals surface area contributed by atoms with Crippen LogP contribution in [0.3, 0.4) is 0 Å². The van der Waals surface area contributed by atoms with E-state index in [1.165, 1.54) is 16.7 Å². The highest BCUT2D eigenvalue weighted by molar-refractivity contribution is 8.04. The third-order valence-electron chi connectivity index (χ3n) is 4.19. The smallest absolute Gasteiger partial charge is 0.268 e. The third kappa shape index (κ3) is 4.44. The Balaban J connectivity index is 1.86. The van der Waals surface area contributed by atoms with Crippen LogP contribution in [0.15, 0.2) is 53.6 Å². The Morgan fingerprint density at radius 1 is 1.07 bits per heavy atom. The van der Waals surface area contributed by atoms with Crippen molar-refractivity contribution in [1.82, 2.24) is 9.88 Å². The van der Waals surface area contributed by atoms with E-state index < -0.39 is 0 Å². The fourth-order valence-electron chi connectivity index (χ4n) is 2.86. The summed E-state index contributed by atoms with van der Waals surface area (Å²) in [6.07, 6.45) is 1.66. The van der Waals surface area contributed by atoms with Crippen molar-refractivity contribution in [1.29, 1.82) is 0 Å². The van der Waals surface area contributed by atoms with Gasteiger partial charge in [0.2, 0.25) is 0 Å². The topological polar surface area (TPSA) is 59.5 Å². The van der Waals surface area contributed by atoms with Crippen molar-refractivity contribution in [2.45, 2.75) is 27.3 Å². The van der Waals surface area contributed by atoms with Crippen LogP contribution in [-0.2, 0) is 16.1 Å². The first kappa shape index (κ1) is 20.1. The number of imide groups is 1. The number of rotatable bonds is 8. The summed E-state index contributed by atoms with van der Waals surface area (Å²) in [4.78, 5) is 32.0. The van der Waals surface area contributed by atoms with Crippen LogP contribution in [0, 0.1) is 5.92 Å². The van der Waals surface area contributed by atoms with Gasteiger partial charge in [-0.25, -0.2) is 0 Å². The molecule has 2 heterocycles. The van der Waals surface area contributed by atoms with E-state index in [-0.39, 0.29) is 18.4 Å². The quantitative estimate of drug-likeness (QED) is 0.628. The van der Waals surface area contributed by atoms with E-state index in [4.69, 9.17) is 4.74 Å². The number of hydrogen-bond donors (Lipinski definition) is 0. The van der Waals surface area contributed by atoms with Gasteiger partial charge in [0, 0.05) is 6.20 Å². The second-order valence-corrected chi connectivity index (χ2v) is 8.16. The molecule has 0 unspecified atom stereocenters. The first-order valence-corrected chi connectivity index (χ1v) is 10.4. The molecule has 1 aliphatic heterocycles. The molecule has 0 radical (unpaired) electrons. The van der Waals surface area contributed by atoms with E-state index in [2.05, 4.69) is 18.8 Å². The second kappa shape index (κ2) is 9.06. The molecule has 0 atom stereocenters. The number of nitrogens with zero attached hydrogens (tertiary/aromatic N) is 2. The number of ether oxygens (including phenoxy) is 1. The van der Waals surface area contributed by atoms with Crippen LogP contribution < -0.4 is 4.74 Å². The molecule has 2 amide bonds. The predicted octanol–water partition coefficient (Wildman–Crippen LogP) is 4.15. The fraction of sp³-hybridized carbons (Fsp3) is 0.318. The van der Waals surface area contributed by atoms with Gasteiger partial charge in [0.1, 0.15) is 5.75 Å². The molecule has 1 aliphatic rings. The summed E-state index contributed by atoms with van der Waals surface area (Å²) in [5.41, 5.74) is 1.88. The maximum atomic E-state index is 13.1. The van der Waals surface area contributed by atoms with Gasteiger partial charge in [0.05, 0.1) is 29.3 Å². The number of hydrogen-bond acceptors (Lipinski definition) is 5. The van der Waals surface area contributed by atoms with Crippen LogP contribution in [0.4, 0.5) is 0 Å². The van der Waals surface area contributed by atoms with Crippen LogP contribution in [0.2, 0.25) is 0 Å².